The predicted molar refractivity (Wildman–Crippen MR) is 162 cm³/mol. The molecule has 37 heavy (non-hydrogen) atoms. The van der Waals surface area contributed by atoms with Gasteiger partial charge in [-0.25, -0.2) is 9.97 Å². The van der Waals surface area contributed by atoms with Crippen molar-refractivity contribution in [3.05, 3.63) is 41.0 Å². The van der Waals surface area contributed by atoms with Crippen LogP contribution in [0.5, 0.6) is 0 Å². The smallest absolute Gasteiger partial charge is 0.252 e. The number of halogens is 4. The second-order valence-corrected chi connectivity index (χ2v) is 10.9. The number of likely N-dealkylation sites (tertiary alicyclic amines) is 1. The molecule has 5 rings (SSSR count). The van der Waals surface area contributed by atoms with Crippen LogP contribution in [0.2, 0.25) is 5.02 Å². The van der Waals surface area contributed by atoms with Crippen molar-refractivity contribution in [1.29, 1.82) is 0 Å². The zero-order valence-corrected chi connectivity index (χ0v) is 24.9. The third-order valence-electron chi connectivity index (χ3n) is 6.61. The van der Waals surface area contributed by atoms with Gasteiger partial charge in [-0.05, 0) is 71.1 Å². The number of carbonyl (C=O) groups is 1. The van der Waals surface area contributed by atoms with Crippen LogP contribution in [0.1, 0.15) is 36.0 Å². The van der Waals surface area contributed by atoms with Crippen LogP contribution < -0.4 is 10.6 Å². The van der Waals surface area contributed by atoms with Crippen molar-refractivity contribution < 1.29 is 4.79 Å². The van der Waals surface area contributed by atoms with E-state index in [9.17, 15) is 4.79 Å². The summed E-state index contributed by atoms with van der Waals surface area (Å²) in [6, 6.07) is 8.85. The molecule has 3 heterocycles. The summed E-state index contributed by atoms with van der Waals surface area (Å²) >= 11 is 8.08. The van der Waals surface area contributed by atoms with E-state index in [1.165, 1.54) is 6.42 Å². The first-order valence-electron chi connectivity index (χ1n) is 12.0. The Balaban J connectivity index is 0.00000160. The molecule has 7 nitrogen and oxygen atoms in total. The molecular weight excluding hydrogens is 574 g/mol. The van der Waals surface area contributed by atoms with E-state index in [1.807, 2.05) is 24.3 Å². The molecule has 12 heteroatoms. The topological polar surface area (TPSA) is 73.4 Å². The van der Waals surface area contributed by atoms with Crippen molar-refractivity contribution >= 4 is 82.1 Å². The van der Waals surface area contributed by atoms with Gasteiger partial charge in [-0.2, -0.15) is 0 Å². The van der Waals surface area contributed by atoms with Gasteiger partial charge in [-0.3, -0.25) is 4.79 Å². The SMILES string of the molecule is CN(C)[C@H]1CCN(CCCNc2ncc(Cl)c(-c3cc4c(C(=O)NC5CC5)cccc4s3)n2)C1.Cl.Cl.Cl. The molecule has 1 aromatic carbocycles. The molecule has 1 saturated carbocycles. The van der Waals surface area contributed by atoms with Crippen molar-refractivity contribution in [3.8, 4) is 10.6 Å². The van der Waals surface area contributed by atoms with E-state index in [0.717, 1.165) is 60.4 Å². The second kappa shape index (κ2) is 14.1. The number of hydrogen-bond acceptors (Lipinski definition) is 7. The summed E-state index contributed by atoms with van der Waals surface area (Å²) in [6.45, 7) is 4.18. The number of aromatic nitrogens is 2. The van der Waals surface area contributed by atoms with Crippen LogP contribution in [0, 0.1) is 0 Å². The van der Waals surface area contributed by atoms with Gasteiger partial charge in [0.2, 0.25) is 5.95 Å². The quantitative estimate of drug-likeness (QED) is 0.308. The van der Waals surface area contributed by atoms with Gasteiger partial charge in [-0.15, -0.1) is 48.6 Å². The number of hydrogen-bond donors (Lipinski definition) is 2. The third kappa shape index (κ3) is 7.82. The summed E-state index contributed by atoms with van der Waals surface area (Å²) in [4.78, 5) is 27.6. The predicted octanol–water partition coefficient (Wildman–Crippen LogP) is 5.61. The van der Waals surface area contributed by atoms with Crippen LogP contribution in [-0.4, -0.2) is 78.0 Å². The average molecular weight is 608 g/mol. The minimum atomic E-state index is -0.0107. The van der Waals surface area contributed by atoms with Gasteiger partial charge in [0.25, 0.3) is 5.91 Å². The summed E-state index contributed by atoms with van der Waals surface area (Å²) in [5.74, 6) is 0.569. The normalized spacial score (nSPS) is 17.1. The molecule has 2 aromatic heterocycles. The van der Waals surface area contributed by atoms with Crippen LogP contribution in [-0.2, 0) is 0 Å². The molecule has 0 bridgehead atoms. The lowest BCUT2D eigenvalue weighted by Gasteiger charge is -2.20. The van der Waals surface area contributed by atoms with Gasteiger partial charge >= 0.3 is 0 Å². The van der Waals surface area contributed by atoms with Gasteiger partial charge in [0.05, 0.1) is 16.1 Å². The number of fused-ring (bicyclic) bond motifs is 1. The molecule has 2 N–H and O–H groups in total. The van der Waals surface area contributed by atoms with E-state index >= 15 is 0 Å². The maximum absolute atomic E-state index is 12.7. The first-order valence-corrected chi connectivity index (χ1v) is 13.2. The van der Waals surface area contributed by atoms with Crippen molar-refractivity contribution in [2.75, 3.05) is 45.6 Å². The van der Waals surface area contributed by atoms with E-state index in [-0.39, 0.29) is 43.1 Å². The Morgan fingerprint density at radius 2 is 2.00 bits per heavy atom. The lowest BCUT2D eigenvalue weighted by atomic mass is 10.1. The van der Waals surface area contributed by atoms with Gasteiger partial charge in [0.1, 0.15) is 5.69 Å². The fraction of sp³-hybridized carbons (Fsp3) is 0.480. The maximum Gasteiger partial charge on any atom is 0.252 e. The van der Waals surface area contributed by atoms with E-state index < -0.39 is 0 Å². The summed E-state index contributed by atoms with van der Waals surface area (Å²) in [6.07, 6.45) is 6.06. The Bertz CT molecular complexity index is 1190. The van der Waals surface area contributed by atoms with Crippen LogP contribution >= 0.6 is 60.2 Å². The number of thiophene rings is 1. The maximum atomic E-state index is 12.7. The first-order chi connectivity index (χ1) is 16.5. The fourth-order valence-corrected chi connectivity index (χ4v) is 5.77. The fourth-order valence-electron chi connectivity index (χ4n) is 4.43. The van der Waals surface area contributed by atoms with E-state index in [2.05, 4.69) is 39.5 Å². The number of amides is 1. The van der Waals surface area contributed by atoms with Crippen molar-refractivity contribution in [2.45, 2.75) is 37.8 Å². The highest BCUT2D eigenvalue weighted by molar-refractivity contribution is 7.22. The lowest BCUT2D eigenvalue weighted by Crippen LogP contribution is -2.32. The van der Waals surface area contributed by atoms with Crippen LogP contribution in [0.15, 0.2) is 30.5 Å². The summed E-state index contributed by atoms with van der Waals surface area (Å²) in [5.41, 5.74) is 1.40. The molecule has 1 atom stereocenters. The number of benzene rings is 1. The molecule has 204 valence electrons. The Labute approximate surface area is 246 Å². The molecule has 0 radical (unpaired) electrons. The molecule has 2 fully saturated rings. The minimum absolute atomic E-state index is 0. The Morgan fingerprint density at radius 1 is 1.22 bits per heavy atom. The van der Waals surface area contributed by atoms with E-state index in [0.29, 0.717) is 34.3 Å². The van der Waals surface area contributed by atoms with Crippen LogP contribution in [0.25, 0.3) is 20.7 Å². The van der Waals surface area contributed by atoms with Crippen molar-refractivity contribution in [2.24, 2.45) is 0 Å². The zero-order valence-electron chi connectivity index (χ0n) is 20.9. The number of nitrogens with one attached hydrogen (secondary N) is 2. The minimum Gasteiger partial charge on any atom is -0.354 e. The van der Waals surface area contributed by atoms with E-state index in [1.54, 1.807) is 17.5 Å². The Hall–Kier alpha value is -1.39. The Morgan fingerprint density at radius 3 is 2.70 bits per heavy atom. The van der Waals surface area contributed by atoms with Gasteiger partial charge in [-0.1, -0.05) is 17.7 Å². The van der Waals surface area contributed by atoms with Gasteiger partial charge in [0.15, 0.2) is 0 Å². The largest absolute Gasteiger partial charge is 0.354 e. The van der Waals surface area contributed by atoms with Crippen molar-refractivity contribution in [1.82, 2.24) is 25.1 Å². The van der Waals surface area contributed by atoms with Crippen LogP contribution in [0.3, 0.4) is 0 Å². The average Bonchev–Trinajstić information content (AvgIpc) is 3.32. The van der Waals surface area contributed by atoms with Gasteiger partial charge in [0, 0.05) is 40.8 Å². The number of carbonyl (C=O) groups excluding carboxylic acids is 1. The molecule has 1 saturated heterocycles. The zero-order chi connectivity index (χ0) is 23.7. The Kier molecular flexibility index (Phi) is 12.1. The highest BCUT2D eigenvalue weighted by Crippen LogP contribution is 2.37. The molecular formula is C25H34Cl4N6OS. The standard InChI is InChI=1S/C25H31ClN6OS.3ClH/c1-31(2)17-9-12-32(15-17)11-4-10-27-25-28-14-20(26)23(30-25)22-13-19-18(5-3-6-21(19)34-22)24(33)29-16-7-8-16;;;/h3,5-6,13-14,16-17H,4,7-12,15H2,1-2H3,(H,29,33)(H,27,28,30);3*1H/t17-;;;/m0.../s1. The van der Waals surface area contributed by atoms with Crippen LogP contribution in [0.4, 0.5) is 5.95 Å². The second-order valence-electron chi connectivity index (χ2n) is 9.45. The molecule has 2 aliphatic rings. The molecule has 1 aliphatic heterocycles. The molecule has 1 aliphatic carbocycles. The summed E-state index contributed by atoms with van der Waals surface area (Å²) in [5, 5.41) is 7.88. The molecule has 1 amide bonds. The highest BCUT2D eigenvalue weighted by atomic mass is 35.5. The molecule has 3 aromatic rings. The molecule has 0 unspecified atom stereocenters. The summed E-state index contributed by atoms with van der Waals surface area (Å²) in [7, 11) is 4.32. The number of rotatable bonds is 9. The first kappa shape index (κ1) is 31.8. The third-order valence-corrected chi connectivity index (χ3v) is 7.99. The number of nitrogens with zero attached hydrogens (tertiary/aromatic N) is 4. The highest BCUT2D eigenvalue weighted by Gasteiger charge is 2.25. The molecule has 0 spiro atoms. The summed E-state index contributed by atoms with van der Waals surface area (Å²) < 4.78 is 1.05. The lowest BCUT2D eigenvalue weighted by molar-refractivity contribution is 0.0952. The number of anilines is 1. The monoisotopic (exact) mass is 606 g/mol. The van der Waals surface area contributed by atoms with Gasteiger partial charge < -0.3 is 20.4 Å². The van der Waals surface area contributed by atoms with E-state index in [4.69, 9.17) is 16.6 Å². The van der Waals surface area contributed by atoms with Crippen molar-refractivity contribution in [3.63, 3.8) is 0 Å². The number of likely N-dealkylation sites (N-methyl/N-ethyl adjacent to an activating group) is 1.